The highest BCUT2D eigenvalue weighted by atomic mass is 35.5. The predicted molar refractivity (Wildman–Crippen MR) is 111 cm³/mol. The smallest absolute Gasteiger partial charge is 0.337 e. The van der Waals surface area contributed by atoms with Gasteiger partial charge >= 0.3 is 5.97 Å². The highest BCUT2D eigenvalue weighted by Crippen LogP contribution is 2.34. The fourth-order valence-corrected chi connectivity index (χ4v) is 3.37. The summed E-state index contributed by atoms with van der Waals surface area (Å²) in [5.74, 6) is -0.676. The van der Waals surface area contributed by atoms with Crippen LogP contribution in [0.15, 0.2) is 54.7 Å². The molecule has 4 rings (SSSR count). The van der Waals surface area contributed by atoms with Gasteiger partial charge in [-0.2, -0.15) is 5.10 Å². The van der Waals surface area contributed by atoms with E-state index in [9.17, 15) is 14.4 Å². The van der Waals surface area contributed by atoms with Gasteiger partial charge < -0.3 is 15.4 Å². The van der Waals surface area contributed by atoms with E-state index in [1.807, 2.05) is 12.1 Å². The number of nitrogens with zero attached hydrogens (tertiary/aromatic N) is 2. The van der Waals surface area contributed by atoms with Crippen molar-refractivity contribution in [1.82, 2.24) is 9.78 Å². The molecule has 1 aliphatic heterocycles. The molecule has 1 atom stereocenters. The molecule has 9 heteroatoms. The maximum atomic E-state index is 12.9. The lowest BCUT2D eigenvalue weighted by atomic mass is 10.1. The van der Waals surface area contributed by atoms with Crippen LogP contribution >= 0.6 is 11.6 Å². The van der Waals surface area contributed by atoms with E-state index in [1.165, 1.54) is 11.8 Å². The second kappa shape index (κ2) is 8.00. The maximum Gasteiger partial charge on any atom is 0.337 e. The zero-order valence-corrected chi connectivity index (χ0v) is 16.6. The number of carbonyl (C=O) groups excluding carboxylic acids is 3. The minimum atomic E-state index is -0.810. The van der Waals surface area contributed by atoms with Crippen molar-refractivity contribution in [2.75, 3.05) is 17.7 Å². The number of fused-ring (bicyclic) bond motifs is 1. The largest absolute Gasteiger partial charge is 0.465 e. The van der Waals surface area contributed by atoms with Crippen molar-refractivity contribution in [2.45, 2.75) is 12.5 Å². The maximum absolute atomic E-state index is 12.9. The average Bonchev–Trinajstić information content (AvgIpc) is 3.17. The molecule has 0 fully saturated rings. The van der Waals surface area contributed by atoms with Crippen LogP contribution in [0.5, 0.6) is 0 Å². The molecule has 0 radical (unpaired) electrons. The van der Waals surface area contributed by atoms with Crippen molar-refractivity contribution in [3.8, 4) is 11.1 Å². The molecular weight excluding hydrogens is 408 g/mol. The zero-order chi connectivity index (χ0) is 21.3. The van der Waals surface area contributed by atoms with Gasteiger partial charge in [-0.05, 0) is 42.0 Å². The third kappa shape index (κ3) is 3.77. The van der Waals surface area contributed by atoms with Crippen molar-refractivity contribution in [1.29, 1.82) is 0 Å². The Labute approximate surface area is 176 Å². The summed E-state index contributed by atoms with van der Waals surface area (Å²) in [6.45, 7) is 0. The lowest BCUT2D eigenvalue weighted by molar-refractivity contribution is -0.125. The van der Waals surface area contributed by atoms with Gasteiger partial charge in [0.1, 0.15) is 11.9 Å². The van der Waals surface area contributed by atoms with Gasteiger partial charge in [-0.3, -0.25) is 9.59 Å². The summed E-state index contributed by atoms with van der Waals surface area (Å²) < 4.78 is 6.16. The van der Waals surface area contributed by atoms with E-state index in [0.717, 1.165) is 5.56 Å². The van der Waals surface area contributed by atoms with E-state index in [4.69, 9.17) is 11.6 Å². The van der Waals surface area contributed by atoms with Gasteiger partial charge in [0.05, 0.1) is 25.3 Å². The quantitative estimate of drug-likeness (QED) is 0.624. The molecular formula is C21H17ClN4O4. The van der Waals surface area contributed by atoms with Gasteiger partial charge in [-0.25, -0.2) is 9.48 Å². The molecule has 2 aromatic carbocycles. The zero-order valence-electron chi connectivity index (χ0n) is 15.9. The number of anilines is 2. The number of aromatic nitrogens is 2. The topological polar surface area (TPSA) is 102 Å². The van der Waals surface area contributed by atoms with E-state index in [2.05, 4.69) is 20.5 Å². The molecule has 0 saturated carbocycles. The first-order chi connectivity index (χ1) is 14.5. The second-order valence-corrected chi connectivity index (χ2v) is 7.12. The van der Waals surface area contributed by atoms with Crippen molar-refractivity contribution in [2.24, 2.45) is 0 Å². The number of methoxy groups -OCH3 is 1. The molecule has 152 valence electrons. The van der Waals surface area contributed by atoms with Crippen LogP contribution < -0.4 is 10.6 Å². The van der Waals surface area contributed by atoms with Gasteiger partial charge in [0.2, 0.25) is 11.8 Å². The van der Waals surface area contributed by atoms with Crippen molar-refractivity contribution in [3.63, 3.8) is 0 Å². The van der Waals surface area contributed by atoms with Crippen LogP contribution in [0.2, 0.25) is 5.02 Å². The molecule has 1 aromatic heterocycles. The lowest BCUT2D eigenvalue weighted by Crippen LogP contribution is -2.35. The Bertz CT molecular complexity index is 1120. The summed E-state index contributed by atoms with van der Waals surface area (Å²) in [5, 5.41) is 10.5. The van der Waals surface area contributed by atoms with Crippen LogP contribution in [-0.4, -0.2) is 34.7 Å². The van der Waals surface area contributed by atoms with Crippen LogP contribution in [0.25, 0.3) is 11.1 Å². The van der Waals surface area contributed by atoms with E-state index >= 15 is 0 Å². The number of hydrogen-bond donors (Lipinski definition) is 2. The molecule has 0 saturated heterocycles. The standard InChI is InChI=1S/C21H17ClN4O4/c1-30-21(29)13-4-8-15(9-5-13)24-20(28)17-10-18(27)25-19-16(11-23-26(17)19)12-2-6-14(22)7-3-12/h2-9,11,17H,10H2,1H3,(H,24,28)(H,25,27)/t17-/m1/s1. The summed E-state index contributed by atoms with van der Waals surface area (Å²) in [7, 11) is 1.30. The Morgan fingerprint density at radius 2 is 1.87 bits per heavy atom. The fourth-order valence-electron chi connectivity index (χ4n) is 3.25. The number of amides is 2. The third-order valence-electron chi connectivity index (χ3n) is 4.76. The summed E-state index contributed by atoms with van der Waals surface area (Å²) in [4.78, 5) is 36.7. The van der Waals surface area contributed by atoms with Crippen molar-refractivity contribution in [3.05, 3.63) is 65.3 Å². The number of rotatable bonds is 4. The molecule has 1 aliphatic rings. The molecule has 2 amide bonds. The van der Waals surface area contributed by atoms with Gasteiger partial charge in [0, 0.05) is 16.3 Å². The van der Waals surface area contributed by atoms with Gasteiger partial charge in [-0.15, -0.1) is 0 Å². The Balaban J connectivity index is 1.58. The van der Waals surface area contributed by atoms with Crippen LogP contribution in [0.1, 0.15) is 22.8 Å². The number of halogens is 1. The molecule has 30 heavy (non-hydrogen) atoms. The summed E-state index contributed by atoms with van der Waals surface area (Å²) >= 11 is 5.95. The monoisotopic (exact) mass is 424 g/mol. The third-order valence-corrected chi connectivity index (χ3v) is 5.01. The van der Waals surface area contributed by atoms with Crippen molar-refractivity contribution >= 4 is 40.9 Å². The van der Waals surface area contributed by atoms with Gasteiger partial charge in [-0.1, -0.05) is 23.7 Å². The fraction of sp³-hybridized carbons (Fsp3) is 0.143. The van der Waals surface area contributed by atoms with E-state index in [1.54, 1.807) is 42.6 Å². The van der Waals surface area contributed by atoms with E-state index < -0.39 is 12.0 Å². The number of esters is 1. The second-order valence-electron chi connectivity index (χ2n) is 6.68. The summed E-state index contributed by atoms with van der Waals surface area (Å²) in [6.07, 6.45) is 1.57. The first-order valence-electron chi connectivity index (χ1n) is 9.09. The predicted octanol–water partition coefficient (Wildman–Crippen LogP) is 3.51. The number of nitrogens with one attached hydrogen (secondary N) is 2. The first kappa shape index (κ1) is 19.7. The lowest BCUT2D eigenvalue weighted by Gasteiger charge is -2.24. The Hall–Kier alpha value is -3.65. The molecule has 8 nitrogen and oxygen atoms in total. The molecule has 0 spiro atoms. The molecule has 2 heterocycles. The number of ether oxygens (including phenoxy) is 1. The molecule has 0 unspecified atom stereocenters. The Kier molecular flexibility index (Phi) is 5.24. The highest BCUT2D eigenvalue weighted by Gasteiger charge is 2.33. The minimum absolute atomic E-state index is 0.0409. The Morgan fingerprint density at radius 1 is 1.17 bits per heavy atom. The molecule has 0 bridgehead atoms. The normalized spacial score (nSPS) is 15.1. The molecule has 3 aromatic rings. The summed E-state index contributed by atoms with van der Waals surface area (Å²) in [6, 6.07) is 12.6. The number of benzene rings is 2. The Morgan fingerprint density at radius 3 is 2.53 bits per heavy atom. The average molecular weight is 425 g/mol. The van der Waals surface area contributed by atoms with E-state index in [-0.39, 0.29) is 18.2 Å². The van der Waals surface area contributed by atoms with E-state index in [0.29, 0.717) is 27.7 Å². The van der Waals surface area contributed by atoms with Crippen molar-refractivity contribution < 1.29 is 19.1 Å². The minimum Gasteiger partial charge on any atom is -0.465 e. The molecule has 2 N–H and O–H groups in total. The van der Waals surface area contributed by atoms with Crippen LogP contribution in [0.3, 0.4) is 0 Å². The molecule has 0 aliphatic carbocycles. The van der Waals surface area contributed by atoms with Crippen LogP contribution in [0, 0.1) is 0 Å². The first-order valence-corrected chi connectivity index (χ1v) is 9.46. The SMILES string of the molecule is COC(=O)c1ccc(NC(=O)[C@H]2CC(=O)Nc3c(-c4ccc(Cl)cc4)cnn32)cc1. The summed E-state index contributed by atoms with van der Waals surface area (Å²) in [5.41, 5.74) is 2.38. The van der Waals surface area contributed by atoms with Crippen LogP contribution in [0.4, 0.5) is 11.5 Å². The van der Waals surface area contributed by atoms with Gasteiger partial charge in [0.15, 0.2) is 0 Å². The highest BCUT2D eigenvalue weighted by molar-refractivity contribution is 6.30. The van der Waals surface area contributed by atoms with Gasteiger partial charge in [0.25, 0.3) is 0 Å². The number of carbonyl (C=O) groups is 3. The van der Waals surface area contributed by atoms with Crippen LogP contribution in [-0.2, 0) is 14.3 Å². The number of hydrogen-bond acceptors (Lipinski definition) is 5.